The predicted molar refractivity (Wildman–Crippen MR) is 194 cm³/mol. The fourth-order valence-corrected chi connectivity index (χ4v) is 6.52. The fourth-order valence-electron chi connectivity index (χ4n) is 6.52. The number of guanidine groups is 1. The highest BCUT2D eigenvalue weighted by atomic mass is 16.2. The molecule has 0 saturated carbocycles. The van der Waals surface area contributed by atoms with Gasteiger partial charge >= 0.3 is 0 Å². The molecule has 1 aliphatic heterocycles. The lowest BCUT2D eigenvalue weighted by Gasteiger charge is -2.33. The lowest BCUT2D eigenvalue weighted by Crippen LogP contribution is -2.52. The molecule has 0 aromatic heterocycles. The second-order valence-electron chi connectivity index (χ2n) is 16.1. The van der Waals surface area contributed by atoms with Crippen LogP contribution in [0.3, 0.4) is 0 Å². The van der Waals surface area contributed by atoms with E-state index in [-0.39, 0.29) is 92.2 Å². The molecule has 0 aliphatic carbocycles. The summed E-state index contributed by atoms with van der Waals surface area (Å²) in [5.41, 5.74) is 14.5. The Morgan fingerprint density at radius 1 is 0.800 bits per heavy atom. The van der Waals surface area contributed by atoms with E-state index in [1.807, 2.05) is 34.6 Å². The molecule has 1 rings (SSSR count). The number of rotatable bonds is 23. The van der Waals surface area contributed by atoms with Crippen molar-refractivity contribution in [3.63, 3.8) is 0 Å². The van der Waals surface area contributed by atoms with Crippen LogP contribution >= 0.6 is 0 Å². The molecular formula is C37H64N6O7. The number of ketones is 5. The number of nitrogens with two attached hydrogens (primary N) is 3. The van der Waals surface area contributed by atoms with Crippen LogP contribution in [-0.2, 0) is 33.6 Å². The van der Waals surface area contributed by atoms with Crippen molar-refractivity contribution in [3.05, 3.63) is 0 Å². The van der Waals surface area contributed by atoms with Crippen LogP contribution in [0.2, 0.25) is 0 Å². The van der Waals surface area contributed by atoms with Crippen LogP contribution in [0, 0.1) is 29.1 Å². The maximum atomic E-state index is 13.9. The third-order valence-corrected chi connectivity index (χ3v) is 9.72. The molecule has 284 valence electrons. The highest BCUT2D eigenvalue weighted by Gasteiger charge is 2.40. The molecule has 1 fully saturated rings. The average molecular weight is 705 g/mol. The number of amides is 2. The van der Waals surface area contributed by atoms with Crippen LogP contribution in [-0.4, -0.2) is 82.3 Å². The Labute approximate surface area is 298 Å². The quantitative estimate of drug-likeness (QED) is 0.0691. The van der Waals surface area contributed by atoms with Crippen LogP contribution in [0.1, 0.15) is 127 Å². The summed E-state index contributed by atoms with van der Waals surface area (Å²) in [7, 11) is 0. The Morgan fingerprint density at radius 2 is 1.40 bits per heavy atom. The zero-order valence-corrected chi connectivity index (χ0v) is 31.9. The van der Waals surface area contributed by atoms with E-state index >= 15 is 0 Å². The maximum Gasteiger partial charge on any atom is 0.224 e. The molecule has 1 saturated heterocycles. The molecular weight excluding hydrogens is 640 g/mol. The van der Waals surface area contributed by atoms with E-state index in [0.717, 1.165) is 19.4 Å². The minimum Gasteiger partial charge on any atom is -0.370 e. The normalized spacial score (nSPS) is 17.2. The van der Waals surface area contributed by atoms with Crippen molar-refractivity contribution in [2.75, 3.05) is 13.1 Å². The van der Waals surface area contributed by atoms with Gasteiger partial charge in [0.2, 0.25) is 11.8 Å². The zero-order valence-electron chi connectivity index (χ0n) is 31.9. The first-order chi connectivity index (χ1) is 23.0. The predicted octanol–water partition coefficient (Wildman–Crippen LogP) is 3.03. The van der Waals surface area contributed by atoms with Crippen LogP contribution in [0.15, 0.2) is 4.99 Å². The molecule has 13 nitrogen and oxygen atoms in total. The molecule has 1 aliphatic rings. The molecule has 0 unspecified atom stereocenters. The highest BCUT2D eigenvalue weighted by Crippen LogP contribution is 2.35. The summed E-state index contributed by atoms with van der Waals surface area (Å²) < 4.78 is 0. The van der Waals surface area contributed by atoms with Gasteiger partial charge in [-0.2, -0.15) is 0 Å². The van der Waals surface area contributed by atoms with E-state index in [0.29, 0.717) is 6.42 Å². The zero-order chi connectivity index (χ0) is 38.6. The molecule has 13 heteroatoms. The third kappa shape index (κ3) is 14.8. The van der Waals surface area contributed by atoms with Gasteiger partial charge in [0, 0.05) is 74.8 Å². The first-order valence-corrected chi connectivity index (χ1v) is 18.0. The first kappa shape index (κ1) is 44.5. The standard InChI is InChI=1S/C37H64N6O7/c1-22(2)28(44)14-15-32(48)37(8,9)42-34(50)24(12-10-16-41-35(39)40)18-29(45)25(20-33(38)49)19-30(46)26(36(5,6)7)21-31(47)27-13-11-17-43(27)23(3)4/h22-27H,10-21H2,1-9H3,(H2,38,49)(H,42,50)(H4,39,40,41)/t24-,25+,26-,27+/m0/s1. The molecule has 1 heterocycles. The largest absolute Gasteiger partial charge is 0.370 e. The Morgan fingerprint density at radius 3 is 1.92 bits per heavy atom. The lowest BCUT2D eigenvalue weighted by atomic mass is 9.72. The summed E-state index contributed by atoms with van der Waals surface area (Å²) in [6.07, 6.45) is 1.16. The van der Waals surface area contributed by atoms with Gasteiger partial charge in [-0.05, 0) is 65.3 Å². The van der Waals surface area contributed by atoms with Crippen molar-refractivity contribution in [2.24, 2.45) is 51.3 Å². The van der Waals surface area contributed by atoms with Gasteiger partial charge in [-0.15, -0.1) is 0 Å². The summed E-state index contributed by atoms with van der Waals surface area (Å²) in [4.78, 5) is 98.3. The van der Waals surface area contributed by atoms with Crippen molar-refractivity contribution in [1.29, 1.82) is 0 Å². The van der Waals surface area contributed by atoms with E-state index < -0.39 is 52.7 Å². The Kier molecular flexibility index (Phi) is 17.6. The monoisotopic (exact) mass is 704 g/mol. The Hall–Kier alpha value is -3.48. The molecule has 4 atom stereocenters. The summed E-state index contributed by atoms with van der Waals surface area (Å²) in [5.74, 6) is -5.61. The number of carbonyl (C=O) groups is 7. The Balaban J connectivity index is 3.23. The van der Waals surface area contributed by atoms with Gasteiger partial charge in [0.15, 0.2) is 17.5 Å². The van der Waals surface area contributed by atoms with Crippen molar-refractivity contribution in [1.82, 2.24) is 10.2 Å². The minimum absolute atomic E-state index is 0.00880. The topological polar surface area (TPSA) is 225 Å². The molecule has 0 aromatic carbocycles. The van der Waals surface area contributed by atoms with E-state index in [9.17, 15) is 33.6 Å². The van der Waals surface area contributed by atoms with Crippen molar-refractivity contribution in [3.8, 4) is 0 Å². The van der Waals surface area contributed by atoms with Crippen molar-refractivity contribution >= 4 is 46.7 Å². The average Bonchev–Trinajstić information content (AvgIpc) is 3.48. The van der Waals surface area contributed by atoms with Gasteiger partial charge in [-0.1, -0.05) is 34.6 Å². The minimum atomic E-state index is -1.32. The van der Waals surface area contributed by atoms with Crippen molar-refractivity contribution in [2.45, 2.75) is 144 Å². The maximum absolute atomic E-state index is 13.9. The van der Waals surface area contributed by atoms with Gasteiger partial charge in [0.05, 0.1) is 11.6 Å². The summed E-state index contributed by atoms with van der Waals surface area (Å²) in [5, 5.41) is 2.75. The van der Waals surface area contributed by atoms with E-state index in [1.54, 1.807) is 27.7 Å². The van der Waals surface area contributed by atoms with Gasteiger partial charge < -0.3 is 22.5 Å². The number of nitrogens with one attached hydrogen (secondary N) is 1. The summed E-state index contributed by atoms with van der Waals surface area (Å²) in [6.45, 7) is 17.3. The molecule has 0 spiro atoms. The number of aliphatic imine (C=N–C) groups is 1. The molecule has 0 aromatic rings. The molecule has 7 N–H and O–H groups in total. The van der Waals surface area contributed by atoms with E-state index in [1.165, 1.54) is 0 Å². The molecule has 50 heavy (non-hydrogen) atoms. The van der Waals surface area contributed by atoms with Crippen LogP contribution in [0.5, 0.6) is 0 Å². The first-order valence-electron chi connectivity index (χ1n) is 18.0. The fraction of sp³-hybridized carbons (Fsp3) is 0.784. The summed E-state index contributed by atoms with van der Waals surface area (Å²) in [6, 6.07) is -0.0732. The molecule has 0 radical (unpaired) electrons. The van der Waals surface area contributed by atoms with E-state index in [2.05, 4.69) is 15.2 Å². The number of primary amides is 1. The molecule has 2 amide bonds. The van der Waals surface area contributed by atoms with Gasteiger partial charge in [-0.25, -0.2) is 0 Å². The van der Waals surface area contributed by atoms with Gasteiger partial charge in [0.1, 0.15) is 17.3 Å². The number of nitrogens with zero attached hydrogens (tertiary/aromatic N) is 2. The van der Waals surface area contributed by atoms with Crippen LogP contribution in [0.4, 0.5) is 0 Å². The summed E-state index contributed by atoms with van der Waals surface area (Å²) >= 11 is 0. The second kappa shape index (κ2) is 19.8. The Bertz CT molecular complexity index is 1260. The lowest BCUT2D eigenvalue weighted by molar-refractivity contribution is -0.138. The second-order valence-corrected chi connectivity index (χ2v) is 16.1. The smallest absolute Gasteiger partial charge is 0.224 e. The van der Waals surface area contributed by atoms with E-state index in [4.69, 9.17) is 17.2 Å². The third-order valence-electron chi connectivity index (χ3n) is 9.72. The number of likely N-dealkylation sites (tertiary alicyclic amines) is 1. The number of carbonyl (C=O) groups excluding carboxylic acids is 7. The number of hydrogen-bond donors (Lipinski definition) is 4. The van der Waals surface area contributed by atoms with Crippen molar-refractivity contribution < 1.29 is 33.6 Å². The number of Topliss-reactive ketones (excluding diaryl/α,β-unsaturated/α-hetero) is 5. The number of hydrogen-bond acceptors (Lipinski definition) is 9. The van der Waals surface area contributed by atoms with Gasteiger partial charge in [-0.3, -0.25) is 43.5 Å². The van der Waals surface area contributed by atoms with Gasteiger partial charge in [0.25, 0.3) is 0 Å². The highest BCUT2D eigenvalue weighted by molar-refractivity contribution is 5.98. The van der Waals surface area contributed by atoms with Crippen LogP contribution in [0.25, 0.3) is 0 Å². The molecule has 0 bridgehead atoms. The SMILES string of the molecule is CC(C)C(=O)CCC(=O)C(C)(C)NC(=O)[C@@H](CCCN=C(N)N)CC(=O)[C@@H](CC(N)=O)CC(=O)[C@H](CC(=O)[C@H]1CCCN1C(C)C)C(C)(C)C. The van der Waals surface area contributed by atoms with Crippen LogP contribution < -0.4 is 22.5 Å².